The van der Waals surface area contributed by atoms with Crippen LogP contribution in [0.15, 0.2) is 36.8 Å². The second-order valence-electron chi connectivity index (χ2n) is 5.08. The van der Waals surface area contributed by atoms with Crippen molar-refractivity contribution in [2.45, 2.75) is 0 Å². The zero-order valence-corrected chi connectivity index (χ0v) is 14.2. The van der Waals surface area contributed by atoms with Crippen LogP contribution in [-0.2, 0) is 10.0 Å². The van der Waals surface area contributed by atoms with E-state index in [9.17, 15) is 8.42 Å². The SMILES string of the molecule is COc1cc(NS(C)(=O)=O)ccc1-c1cn2ccnc(OC)c2n1. The zero-order chi connectivity index (χ0) is 17.3. The predicted molar refractivity (Wildman–Crippen MR) is 90.0 cm³/mol. The van der Waals surface area contributed by atoms with E-state index in [1.807, 2.05) is 6.20 Å². The van der Waals surface area contributed by atoms with Crippen LogP contribution >= 0.6 is 0 Å². The third-order valence-corrected chi connectivity index (χ3v) is 3.92. The molecule has 0 bridgehead atoms. The Bertz CT molecular complexity index is 998. The van der Waals surface area contributed by atoms with Crippen LogP contribution in [0, 0.1) is 0 Å². The van der Waals surface area contributed by atoms with Crippen LogP contribution in [0.4, 0.5) is 5.69 Å². The van der Waals surface area contributed by atoms with Crippen molar-refractivity contribution in [3.63, 3.8) is 0 Å². The Labute approximate surface area is 139 Å². The first-order valence-corrected chi connectivity index (χ1v) is 8.84. The van der Waals surface area contributed by atoms with Gasteiger partial charge >= 0.3 is 0 Å². The van der Waals surface area contributed by atoms with Gasteiger partial charge < -0.3 is 13.9 Å². The molecule has 0 saturated carbocycles. The van der Waals surface area contributed by atoms with Crippen LogP contribution in [0.1, 0.15) is 0 Å². The first kappa shape index (κ1) is 16.1. The van der Waals surface area contributed by atoms with Gasteiger partial charge in [-0.1, -0.05) is 0 Å². The number of benzene rings is 1. The number of ether oxygens (including phenoxy) is 2. The first-order chi connectivity index (χ1) is 11.4. The van der Waals surface area contributed by atoms with Crippen molar-refractivity contribution in [2.24, 2.45) is 0 Å². The molecule has 24 heavy (non-hydrogen) atoms. The predicted octanol–water partition coefficient (Wildman–Crippen LogP) is 1.78. The summed E-state index contributed by atoms with van der Waals surface area (Å²) in [5.74, 6) is 0.914. The Kier molecular flexibility index (Phi) is 4.02. The van der Waals surface area contributed by atoms with E-state index in [1.54, 1.807) is 35.0 Å². The van der Waals surface area contributed by atoms with E-state index in [0.717, 1.165) is 11.8 Å². The van der Waals surface area contributed by atoms with Gasteiger partial charge in [0.15, 0.2) is 0 Å². The lowest BCUT2D eigenvalue weighted by molar-refractivity contribution is 0.400. The van der Waals surface area contributed by atoms with E-state index in [2.05, 4.69) is 14.7 Å². The molecule has 0 aliphatic heterocycles. The summed E-state index contributed by atoms with van der Waals surface area (Å²) in [6.07, 6.45) is 6.30. The van der Waals surface area contributed by atoms with Gasteiger partial charge in [-0.3, -0.25) is 4.72 Å². The molecule has 1 N–H and O–H groups in total. The maximum Gasteiger partial charge on any atom is 0.258 e. The van der Waals surface area contributed by atoms with Crippen LogP contribution in [0.25, 0.3) is 16.9 Å². The third-order valence-electron chi connectivity index (χ3n) is 3.32. The smallest absolute Gasteiger partial charge is 0.258 e. The van der Waals surface area contributed by atoms with E-state index in [4.69, 9.17) is 9.47 Å². The maximum absolute atomic E-state index is 11.4. The highest BCUT2D eigenvalue weighted by Crippen LogP contribution is 2.33. The van der Waals surface area contributed by atoms with Crippen molar-refractivity contribution >= 4 is 21.4 Å². The summed E-state index contributed by atoms with van der Waals surface area (Å²) >= 11 is 0. The molecule has 0 radical (unpaired) electrons. The van der Waals surface area contributed by atoms with Crippen LogP contribution < -0.4 is 14.2 Å². The first-order valence-electron chi connectivity index (χ1n) is 6.95. The Morgan fingerprint density at radius 1 is 1.21 bits per heavy atom. The molecule has 0 atom stereocenters. The van der Waals surface area contributed by atoms with Crippen LogP contribution in [0.3, 0.4) is 0 Å². The summed E-state index contributed by atoms with van der Waals surface area (Å²) in [4.78, 5) is 8.64. The molecule has 0 aliphatic carbocycles. The summed E-state index contributed by atoms with van der Waals surface area (Å²) in [6.45, 7) is 0. The lowest BCUT2D eigenvalue weighted by atomic mass is 10.1. The van der Waals surface area contributed by atoms with Gasteiger partial charge in [-0.2, -0.15) is 0 Å². The van der Waals surface area contributed by atoms with Crippen molar-refractivity contribution in [1.82, 2.24) is 14.4 Å². The molecule has 0 fully saturated rings. The summed E-state index contributed by atoms with van der Waals surface area (Å²) in [5.41, 5.74) is 2.38. The number of aromatic nitrogens is 3. The number of hydrogen-bond acceptors (Lipinski definition) is 6. The number of anilines is 1. The standard InChI is InChI=1S/C15H16N4O4S/c1-22-13-8-10(18-24(3,20)21)4-5-11(13)12-9-19-7-6-16-15(23-2)14(19)17-12/h4-9,18H,1-3H3. The van der Waals surface area contributed by atoms with Gasteiger partial charge in [0.05, 0.1) is 31.9 Å². The number of sulfonamides is 1. The Morgan fingerprint density at radius 3 is 2.67 bits per heavy atom. The fourth-order valence-corrected chi connectivity index (χ4v) is 2.91. The molecule has 8 nitrogen and oxygen atoms in total. The molecule has 3 rings (SSSR count). The highest BCUT2D eigenvalue weighted by Gasteiger charge is 2.14. The molecule has 126 valence electrons. The van der Waals surface area contributed by atoms with Gasteiger partial charge in [0, 0.05) is 30.2 Å². The minimum Gasteiger partial charge on any atom is -0.496 e. The lowest BCUT2D eigenvalue weighted by Crippen LogP contribution is -2.09. The van der Waals surface area contributed by atoms with Crippen LogP contribution in [0.2, 0.25) is 0 Å². The molecule has 9 heteroatoms. The van der Waals surface area contributed by atoms with Crippen molar-refractivity contribution in [2.75, 3.05) is 25.2 Å². The molecule has 0 unspecified atom stereocenters. The summed E-state index contributed by atoms with van der Waals surface area (Å²) < 4.78 is 37.5. The number of nitrogens with zero attached hydrogens (tertiary/aromatic N) is 3. The Balaban J connectivity index is 2.09. The van der Waals surface area contributed by atoms with Gasteiger partial charge in [0.2, 0.25) is 15.7 Å². The van der Waals surface area contributed by atoms with Crippen molar-refractivity contribution in [3.05, 3.63) is 36.8 Å². The molecule has 0 amide bonds. The van der Waals surface area contributed by atoms with Gasteiger partial charge in [-0.25, -0.2) is 18.4 Å². The third kappa shape index (κ3) is 3.11. The summed E-state index contributed by atoms with van der Waals surface area (Å²) in [6, 6.07) is 5.00. The average Bonchev–Trinajstić information content (AvgIpc) is 2.96. The largest absolute Gasteiger partial charge is 0.496 e. The number of nitrogens with one attached hydrogen (secondary N) is 1. The molecular formula is C15H16N4O4S. The molecule has 0 saturated heterocycles. The minimum absolute atomic E-state index is 0.415. The monoisotopic (exact) mass is 348 g/mol. The zero-order valence-electron chi connectivity index (χ0n) is 13.3. The number of hydrogen-bond donors (Lipinski definition) is 1. The fourth-order valence-electron chi connectivity index (χ4n) is 2.35. The Morgan fingerprint density at radius 2 is 2.00 bits per heavy atom. The highest BCUT2D eigenvalue weighted by atomic mass is 32.2. The number of rotatable bonds is 5. The average molecular weight is 348 g/mol. The van der Waals surface area contributed by atoms with Gasteiger partial charge in [-0.15, -0.1) is 0 Å². The van der Waals surface area contributed by atoms with Crippen molar-refractivity contribution in [3.8, 4) is 22.9 Å². The normalized spacial score (nSPS) is 11.5. The molecule has 3 aromatic rings. The van der Waals surface area contributed by atoms with Crippen LogP contribution in [-0.4, -0.2) is 43.3 Å². The van der Waals surface area contributed by atoms with E-state index in [0.29, 0.717) is 28.7 Å². The molecule has 2 aromatic heterocycles. The van der Waals surface area contributed by atoms with Gasteiger partial charge in [0.25, 0.3) is 5.88 Å². The molecule has 2 heterocycles. The summed E-state index contributed by atoms with van der Waals surface area (Å²) in [7, 11) is -0.314. The quantitative estimate of drug-likeness (QED) is 0.755. The second kappa shape index (κ2) is 6.00. The Hall–Kier alpha value is -2.81. The number of imidazole rings is 1. The van der Waals surface area contributed by atoms with E-state index in [1.165, 1.54) is 14.2 Å². The van der Waals surface area contributed by atoms with Crippen LogP contribution in [0.5, 0.6) is 11.6 Å². The molecule has 1 aromatic carbocycles. The van der Waals surface area contributed by atoms with Gasteiger partial charge in [0.1, 0.15) is 5.75 Å². The highest BCUT2D eigenvalue weighted by molar-refractivity contribution is 7.92. The van der Waals surface area contributed by atoms with Crippen molar-refractivity contribution < 1.29 is 17.9 Å². The lowest BCUT2D eigenvalue weighted by Gasteiger charge is -2.09. The molecule has 0 spiro atoms. The van der Waals surface area contributed by atoms with Crippen molar-refractivity contribution in [1.29, 1.82) is 0 Å². The van der Waals surface area contributed by atoms with E-state index in [-0.39, 0.29) is 0 Å². The van der Waals surface area contributed by atoms with E-state index >= 15 is 0 Å². The van der Waals surface area contributed by atoms with E-state index < -0.39 is 10.0 Å². The molecular weight excluding hydrogens is 332 g/mol. The second-order valence-corrected chi connectivity index (χ2v) is 6.83. The number of fused-ring (bicyclic) bond motifs is 1. The minimum atomic E-state index is -3.36. The number of methoxy groups -OCH3 is 2. The van der Waals surface area contributed by atoms with Gasteiger partial charge in [-0.05, 0) is 12.1 Å². The summed E-state index contributed by atoms with van der Waals surface area (Å²) in [5, 5.41) is 0. The fraction of sp³-hybridized carbons (Fsp3) is 0.200. The topological polar surface area (TPSA) is 94.8 Å². The maximum atomic E-state index is 11.4. The molecule has 0 aliphatic rings.